The van der Waals surface area contributed by atoms with Crippen LogP contribution in [0.3, 0.4) is 0 Å². The zero-order valence-electron chi connectivity index (χ0n) is 37.8. The number of rotatable bonds is 12. The van der Waals surface area contributed by atoms with Gasteiger partial charge in [0, 0.05) is 86.6 Å². The SMILES string of the molecule is CCC(C)CN1c2ccncc2C(C(=O)C2=C(N3CCc4ccccc4C3)C(c3ccccc3)N(CC(C)CC)c3ccncc32)=C(N2CCc3ccccc3C2)C1c1ccccc1. The lowest BCUT2D eigenvalue weighted by Gasteiger charge is -2.49. The van der Waals surface area contributed by atoms with E-state index >= 15 is 4.79 Å². The fraction of sp³-hybridized carbons (Fsp3) is 0.316. The van der Waals surface area contributed by atoms with Crippen molar-refractivity contribution >= 4 is 28.3 Å². The Hall–Kier alpha value is -6.47. The summed E-state index contributed by atoms with van der Waals surface area (Å²) in [7, 11) is 0. The minimum absolute atomic E-state index is 0.0412. The standard InChI is InChI=1S/C57H60N6O/c1-5-39(3)35-62-49-25-29-58-33-47(49)51(55(53(62)43-19-9-7-10-20-43)60-31-27-41-17-13-15-23-45(41)37-60)57(64)52-48-34-59-30-26-50(48)63(36-40(4)6-2)54(44-21-11-8-12-22-44)56(52)61-32-28-42-18-14-16-24-46(42)38-61/h7-26,29-30,33-34,39-40,53-54H,5-6,27-28,31-32,35-38H2,1-4H3. The van der Waals surface area contributed by atoms with Gasteiger partial charge >= 0.3 is 0 Å². The van der Waals surface area contributed by atoms with E-state index in [1.807, 2.05) is 24.8 Å². The molecule has 0 saturated heterocycles. The van der Waals surface area contributed by atoms with Crippen LogP contribution in [0.2, 0.25) is 0 Å². The molecule has 2 aromatic heterocycles. The van der Waals surface area contributed by atoms with Gasteiger partial charge < -0.3 is 19.6 Å². The van der Waals surface area contributed by atoms with E-state index < -0.39 is 0 Å². The summed E-state index contributed by atoms with van der Waals surface area (Å²) < 4.78 is 0. The fourth-order valence-corrected chi connectivity index (χ4v) is 10.7. The molecule has 7 nitrogen and oxygen atoms in total. The zero-order chi connectivity index (χ0) is 43.7. The molecule has 6 aromatic rings. The Morgan fingerprint density at radius 2 is 0.938 bits per heavy atom. The Kier molecular flexibility index (Phi) is 11.7. The third-order valence-electron chi connectivity index (χ3n) is 14.4. The van der Waals surface area contributed by atoms with Crippen LogP contribution in [-0.4, -0.2) is 51.7 Å². The molecule has 0 aliphatic carbocycles. The van der Waals surface area contributed by atoms with Gasteiger partial charge in [0.1, 0.15) is 0 Å². The van der Waals surface area contributed by atoms with E-state index in [4.69, 9.17) is 9.97 Å². The number of allylic oxidation sites excluding steroid dienone is 2. The molecule has 0 saturated carbocycles. The van der Waals surface area contributed by atoms with E-state index in [2.05, 4.69) is 169 Å². The summed E-state index contributed by atoms with van der Waals surface area (Å²) in [6.07, 6.45) is 11.7. The van der Waals surface area contributed by atoms with Gasteiger partial charge in [0.2, 0.25) is 0 Å². The molecular formula is C57H60N6O. The number of Topliss-reactive ketones (excluding diaryl/α,β-unsaturated/α-hetero) is 1. The number of carbonyl (C=O) groups is 1. The normalized spacial score (nSPS) is 19.1. The summed E-state index contributed by atoms with van der Waals surface area (Å²) in [4.78, 5) is 37.1. The van der Waals surface area contributed by atoms with Gasteiger partial charge in [-0.15, -0.1) is 0 Å². The van der Waals surface area contributed by atoms with Crippen molar-refractivity contribution in [2.75, 3.05) is 36.0 Å². The quantitative estimate of drug-likeness (QED) is 0.122. The number of anilines is 2. The van der Waals surface area contributed by atoms with E-state index in [0.29, 0.717) is 11.8 Å². The van der Waals surface area contributed by atoms with Crippen LogP contribution in [0.4, 0.5) is 11.4 Å². The molecule has 0 N–H and O–H groups in total. The van der Waals surface area contributed by atoms with Gasteiger partial charge in [0.05, 0.1) is 34.6 Å². The second kappa shape index (κ2) is 18.0. The highest BCUT2D eigenvalue weighted by atomic mass is 16.1. The first kappa shape index (κ1) is 41.5. The summed E-state index contributed by atoms with van der Waals surface area (Å²) in [6.45, 7) is 14.0. The third-order valence-corrected chi connectivity index (χ3v) is 14.4. The van der Waals surface area contributed by atoms with E-state index in [1.54, 1.807) is 0 Å². The van der Waals surface area contributed by atoms with Gasteiger partial charge in [-0.05, 0) is 70.2 Å². The number of pyridine rings is 2. The van der Waals surface area contributed by atoms with Crippen molar-refractivity contribution in [3.05, 3.63) is 202 Å². The van der Waals surface area contributed by atoms with Crippen LogP contribution >= 0.6 is 0 Å². The van der Waals surface area contributed by atoms with E-state index in [0.717, 1.165) is 110 Å². The van der Waals surface area contributed by atoms with E-state index in [1.165, 1.54) is 33.4 Å². The molecule has 4 aromatic carbocycles. The van der Waals surface area contributed by atoms with Gasteiger partial charge in [-0.3, -0.25) is 14.8 Å². The molecule has 10 rings (SSSR count). The van der Waals surface area contributed by atoms with Crippen LogP contribution < -0.4 is 9.80 Å². The number of carbonyl (C=O) groups excluding carboxylic acids is 1. The predicted octanol–water partition coefficient (Wildman–Crippen LogP) is 11.5. The maximum Gasteiger partial charge on any atom is 0.198 e. The first-order valence-corrected chi connectivity index (χ1v) is 23.6. The van der Waals surface area contributed by atoms with Gasteiger partial charge in [0.15, 0.2) is 5.78 Å². The van der Waals surface area contributed by atoms with Crippen molar-refractivity contribution in [3.8, 4) is 0 Å². The average molecular weight is 845 g/mol. The average Bonchev–Trinajstić information content (AvgIpc) is 3.35. The lowest BCUT2D eigenvalue weighted by atomic mass is 9.79. The summed E-state index contributed by atoms with van der Waals surface area (Å²) in [5.41, 5.74) is 15.3. The number of benzene rings is 4. The smallest absolute Gasteiger partial charge is 0.198 e. The maximum absolute atomic E-state index is 17.1. The zero-order valence-corrected chi connectivity index (χ0v) is 37.8. The fourth-order valence-electron chi connectivity index (χ4n) is 10.7. The molecular weight excluding hydrogens is 785 g/mol. The number of ketones is 1. The molecule has 0 amide bonds. The summed E-state index contributed by atoms with van der Waals surface area (Å²) in [5.74, 6) is 0.881. The largest absolute Gasteiger partial charge is 0.368 e. The first-order valence-electron chi connectivity index (χ1n) is 23.6. The van der Waals surface area contributed by atoms with Crippen LogP contribution in [0.1, 0.15) is 97.1 Å². The molecule has 4 atom stereocenters. The minimum Gasteiger partial charge on any atom is -0.368 e. The molecule has 4 aliphatic heterocycles. The molecule has 4 unspecified atom stereocenters. The van der Waals surface area contributed by atoms with Crippen molar-refractivity contribution in [2.24, 2.45) is 11.8 Å². The molecule has 0 radical (unpaired) electrons. The molecule has 7 heteroatoms. The van der Waals surface area contributed by atoms with Crippen LogP contribution in [0.5, 0.6) is 0 Å². The monoisotopic (exact) mass is 844 g/mol. The summed E-state index contributed by atoms with van der Waals surface area (Å²) >= 11 is 0. The molecule has 64 heavy (non-hydrogen) atoms. The number of hydrogen-bond acceptors (Lipinski definition) is 7. The van der Waals surface area contributed by atoms with Crippen LogP contribution in [0.25, 0.3) is 11.1 Å². The highest BCUT2D eigenvalue weighted by Crippen LogP contribution is 2.53. The lowest BCUT2D eigenvalue weighted by Crippen LogP contribution is -2.46. The lowest BCUT2D eigenvalue weighted by molar-refractivity contribution is -0.109. The second-order valence-electron chi connectivity index (χ2n) is 18.5. The Labute approximate surface area is 379 Å². The van der Waals surface area contributed by atoms with E-state index in [9.17, 15) is 0 Å². The maximum atomic E-state index is 17.1. The van der Waals surface area contributed by atoms with Gasteiger partial charge in [-0.2, -0.15) is 0 Å². The minimum atomic E-state index is -0.205. The topological polar surface area (TPSA) is 55.8 Å². The number of nitrogens with zero attached hydrogens (tertiary/aromatic N) is 6. The van der Waals surface area contributed by atoms with Crippen LogP contribution in [0.15, 0.2) is 158 Å². The number of hydrogen-bond donors (Lipinski definition) is 0. The molecule has 6 heterocycles. The van der Waals surface area contributed by atoms with Crippen molar-refractivity contribution in [3.63, 3.8) is 0 Å². The molecule has 0 bridgehead atoms. The molecule has 0 fully saturated rings. The Bertz CT molecular complexity index is 2520. The van der Waals surface area contributed by atoms with Gasteiger partial charge in [-0.1, -0.05) is 150 Å². The second-order valence-corrected chi connectivity index (χ2v) is 18.5. The Morgan fingerprint density at radius 1 is 0.547 bits per heavy atom. The van der Waals surface area contributed by atoms with Crippen LogP contribution in [-0.2, 0) is 30.7 Å². The van der Waals surface area contributed by atoms with Crippen LogP contribution in [0, 0.1) is 11.8 Å². The number of fused-ring (bicyclic) bond motifs is 4. The van der Waals surface area contributed by atoms with E-state index in [-0.39, 0.29) is 17.9 Å². The Balaban J connectivity index is 1.29. The van der Waals surface area contributed by atoms with Gasteiger partial charge in [0.25, 0.3) is 0 Å². The van der Waals surface area contributed by atoms with Crippen molar-refractivity contribution in [1.29, 1.82) is 0 Å². The summed E-state index contributed by atoms with van der Waals surface area (Å²) in [6, 6.07) is 43.4. The van der Waals surface area contributed by atoms with Crippen molar-refractivity contribution in [1.82, 2.24) is 19.8 Å². The first-order chi connectivity index (χ1) is 31.4. The highest BCUT2D eigenvalue weighted by Gasteiger charge is 2.46. The van der Waals surface area contributed by atoms with Crippen molar-refractivity contribution < 1.29 is 4.79 Å². The van der Waals surface area contributed by atoms with Gasteiger partial charge in [-0.25, -0.2) is 0 Å². The predicted molar refractivity (Wildman–Crippen MR) is 260 cm³/mol. The molecule has 324 valence electrons. The van der Waals surface area contributed by atoms with Crippen molar-refractivity contribution in [2.45, 2.75) is 78.6 Å². The third kappa shape index (κ3) is 7.59. The Morgan fingerprint density at radius 3 is 1.34 bits per heavy atom. The number of aromatic nitrogens is 2. The summed E-state index contributed by atoms with van der Waals surface area (Å²) in [5, 5.41) is 0. The highest BCUT2D eigenvalue weighted by molar-refractivity contribution is 6.44. The molecule has 0 spiro atoms. The molecule has 4 aliphatic rings.